The summed E-state index contributed by atoms with van der Waals surface area (Å²) < 4.78 is 0. The number of hydrogen-bond acceptors (Lipinski definition) is 2. The Bertz CT molecular complexity index is 1040. The first-order chi connectivity index (χ1) is 14.6. The van der Waals surface area contributed by atoms with E-state index in [0.29, 0.717) is 19.4 Å². The van der Waals surface area contributed by atoms with Crippen LogP contribution in [0, 0.1) is 5.92 Å². The van der Waals surface area contributed by atoms with E-state index in [1.807, 2.05) is 41.3 Å². The third-order valence-corrected chi connectivity index (χ3v) is 5.68. The van der Waals surface area contributed by atoms with Gasteiger partial charge >= 0.3 is 0 Å². The number of hydrogen-bond donors (Lipinski definition) is 2. The number of H-pyrrole nitrogens is 1. The number of fused-ring (bicyclic) bond motifs is 1. The van der Waals surface area contributed by atoms with Gasteiger partial charge < -0.3 is 15.2 Å². The molecule has 1 fully saturated rings. The predicted molar refractivity (Wildman–Crippen MR) is 121 cm³/mol. The summed E-state index contributed by atoms with van der Waals surface area (Å²) in [5.41, 5.74) is 3.90. The molecule has 1 saturated heterocycles. The zero-order valence-electron chi connectivity index (χ0n) is 17.1. The van der Waals surface area contributed by atoms with Crippen LogP contribution in [0.3, 0.4) is 0 Å². The summed E-state index contributed by atoms with van der Waals surface area (Å²) in [6.45, 7) is 4.89. The van der Waals surface area contributed by atoms with E-state index < -0.39 is 0 Å². The number of carbonyl (C=O) groups excluding carboxylic acids is 2. The lowest BCUT2D eigenvalue weighted by atomic mass is 9.96. The first-order valence-electron chi connectivity index (χ1n) is 10.5. The first kappa shape index (κ1) is 20.0. The molecule has 0 radical (unpaired) electrons. The number of piperidine rings is 1. The molecule has 1 atom stereocenters. The SMILES string of the molecule is C=CCCC(=O)N1CCC[C@@H](C(=O)Nc2cccc(-c3cc4ccccc4[nH]3)c2)C1. The maximum atomic E-state index is 12.9. The van der Waals surface area contributed by atoms with Gasteiger partial charge in [-0.1, -0.05) is 36.4 Å². The van der Waals surface area contributed by atoms with Crippen LogP contribution < -0.4 is 5.32 Å². The van der Waals surface area contributed by atoms with E-state index >= 15 is 0 Å². The van der Waals surface area contributed by atoms with Crippen molar-refractivity contribution >= 4 is 28.4 Å². The Morgan fingerprint density at radius 2 is 2.03 bits per heavy atom. The normalized spacial score (nSPS) is 16.4. The molecule has 2 N–H and O–H groups in total. The highest BCUT2D eigenvalue weighted by molar-refractivity contribution is 5.94. The van der Waals surface area contributed by atoms with Gasteiger partial charge in [-0.2, -0.15) is 0 Å². The van der Waals surface area contributed by atoms with Crippen LogP contribution in [0.2, 0.25) is 0 Å². The second-order valence-corrected chi connectivity index (χ2v) is 7.85. The lowest BCUT2D eigenvalue weighted by molar-refractivity contribution is -0.134. The van der Waals surface area contributed by atoms with E-state index in [2.05, 4.69) is 35.1 Å². The van der Waals surface area contributed by atoms with E-state index in [1.54, 1.807) is 6.08 Å². The quantitative estimate of drug-likeness (QED) is 0.572. The van der Waals surface area contributed by atoms with E-state index in [4.69, 9.17) is 0 Å². The van der Waals surface area contributed by atoms with Gasteiger partial charge in [-0.05, 0) is 43.5 Å². The summed E-state index contributed by atoms with van der Waals surface area (Å²) in [5.74, 6) is -0.0959. The number of aromatic amines is 1. The van der Waals surface area contributed by atoms with Gasteiger partial charge in [-0.25, -0.2) is 0 Å². The fourth-order valence-corrected chi connectivity index (χ4v) is 4.04. The average Bonchev–Trinajstić information content (AvgIpc) is 3.22. The number of allylic oxidation sites excluding steroid dienone is 1. The van der Waals surface area contributed by atoms with Gasteiger partial charge in [0.05, 0.1) is 5.92 Å². The van der Waals surface area contributed by atoms with Gasteiger partial charge in [0.1, 0.15) is 0 Å². The van der Waals surface area contributed by atoms with Crippen molar-refractivity contribution in [3.63, 3.8) is 0 Å². The number of rotatable bonds is 6. The number of benzene rings is 2. The molecule has 0 saturated carbocycles. The van der Waals surface area contributed by atoms with Crippen molar-refractivity contribution in [2.75, 3.05) is 18.4 Å². The zero-order chi connectivity index (χ0) is 20.9. The van der Waals surface area contributed by atoms with Gasteiger partial charge in [0.15, 0.2) is 0 Å². The zero-order valence-corrected chi connectivity index (χ0v) is 17.1. The lowest BCUT2D eigenvalue weighted by Gasteiger charge is -2.32. The van der Waals surface area contributed by atoms with Gasteiger partial charge in [0.2, 0.25) is 11.8 Å². The smallest absolute Gasteiger partial charge is 0.229 e. The molecule has 0 unspecified atom stereocenters. The number of amides is 2. The molecule has 0 bridgehead atoms. The van der Waals surface area contributed by atoms with Crippen LogP contribution in [-0.2, 0) is 9.59 Å². The molecule has 2 aromatic carbocycles. The number of likely N-dealkylation sites (tertiary alicyclic amines) is 1. The highest BCUT2D eigenvalue weighted by atomic mass is 16.2. The van der Waals surface area contributed by atoms with Crippen LogP contribution in [0.15, 0.2) is 67.3 Å². The molecule has 2 heterocycles. The maximum Gasteiger partial charge on any atom is 0.229 e. The average molecular weight is 402 g/mol. The Kier molecular flexibility index (Phi) is 5.98. The molecule has 4 rings (SSSR count). The third-order valence-electron chi connectivity index (χ3n) is 5.68. The maximum absolute atomic E-state index is 12.9. The summed E-state index contributed by atoms with van der Waals surface area (Å²) in [4.78, 5) is 30.4. The molecule has 5 heteroatoms. The Morgan fingerprint density at radius 1 is 1.17 bits per heavy atom. The van der Waals surface area contributed by atoms with Crippen molar-refractivity contribution in [2.24, 2.45) is 5.92 Å². The second kappa shape index (κ2) is 8.99. The number of nitrogens with zero attached hydrogens (tertiary/aromatic N) is 1. The van der Waals surface area contributed by atoms with Crippen LogP contribution in [-0.4, -0.2) is 34.8 Å². The first-order valence-corrected chi connectivity index (χ1v) is 10.5. The Labute approximate surface area is 176 Å². The van der Waals surface area contributed by atoms with Gasteiger partial charge in [-0.3, -0.25) is 9.59 Å². The molecule has 1 aromatic heterocycles. The number of para-hydroxylation sites is 1. The van der Waals surface area contributed by atoms with Crippen molar-refractivity contribution in [1.82, 2.24) is 9.88 Å². The molecule has 1 aliphatic rings. The topological polar surface area (TPSA) is 65.2 Å². The monoisotopic (exact) mass is 401 g/mol. The summed E-state index contributed by atoms with van der Waals surface area (Å²) >= 11 is 0. The minimum Gasteiger partial charge on any atom is -0.355 e. The summed E-state index contributed by atoms with van der Waals surface area (Å²) in [6.07, 6.45) is 4.55. The van der Waals surface area contributed by atoms with Crippen molar-refractivity contribution in [1.29, 1.82) is 0 Å². The van der Waals surface area contributed by atoms with E-state index in [0.717, 1.165) is 47.2 Å². The van der Waals surface area contributed by atoms with Crippen LogP contribution in [0.4, 0.5) is 5.69 Å². The highest BCUT2D eigenvalue weighted by Crippen LogP contribution is 2.27. The number of nitrogens with one attached hydrogen (secondary N) is 2. The molecular formula is C25H27N3O2. The van der Waals surface area contributed by atoms with Gasteiger partial charge in [0.25, 0.3) is 0 Å². The van der Waals surface area contributed by atoms with Crippen LogP contribution >= 0.6 is 0 Å². The minimum atomic E-state index is -0.178. The Hall–Kier alpha value is -3.34. The largest absolute Gasteiger partial charge is 0.355 e. The highest BCUT2D eigenvalue weighted by Gasteiger charge is 2.28. The summed E-state index contributed by atoms with van der Waals surface area (Å²) in [7, 11) is 0. The van der Waals surface area contributed by atoms with Crippen molar-refractivity contribution < 1.29 is 9.59 Å². The standard InChI is InChI=1S/C25H27N3O2/c1-2-3-13-24(29)28-14-7-10-20(17-28)25(30)26-21-11-6-9-18(15-21)23-16-19-8-4-5-12-22(19)27-23/h2,4-6,8-9,11-12,15-16,20,27H,1,3,7,10,13-14,17H2,(H,26,30)/t20-/m1/s1. The minimum absolute atomic E-state index is 0.0231. The van der Waals surface area contributed by atoms with E-state index in [-0.39, 0.29) is 17.7 Å². The summed E-state index contributed by atoms with van der Waals surface area (Å²) in [6, 6.07) is 18.1. The van der Waals surface area contributed by atoms with Crippen molar-refractivity contribution in [2.45, 2.75) is 25.7 Å². The fourth-order valence-electron chi connectivity index (χ4n) is 4.04. The molecule has 154 valence electrons. The van der Waals surface area contributed by atoms with Crippen LogP contribution in [0.1, 0.15) is 25.7 Å². The molecule has 1 aliphatic heterocycles. The molecule has 0 aliphatic carbocycles. The Balaban J connectivity index is 1.44. The van der Waals surface area contributed by atoms with Gasteiger partial charge in [0, 0.05) is 47.4 Å². The molecule has 30 heavy (non-hydrogen) atoms. The third kappa shape index (κ3) is 4.46. The molecular weight excluding hydrogens is 374 g/mol. The number of aromatic nitrogens is 1. The lowest BCUT2D eigenvalue weighted by Crippen LogP contribution is -2.43. The van der Waals surface area contributed by atoms with Gasteiger partial charge in [-0.15, -0.1) is 6.58 Å². The fraction of sp³-hybridized carbons (Fsp3) is 0.280. The summed E-state index contributed by atoms with van der Waals surface area (Å²) in [5, 5.41) is 4.21. The molecule has 0 spiro atoms. The van der Waals surface area contributed by atoms with E-state index in [1.165, 1.54) is 0 Å². The van der Waals surface area contributed by atoms with E-state index in [9.17, 15) is 9.59 Å². The number of carbonyl (C=O) groups is 2. The molecule has 2 amide bonds. The molecule has 5 nitrogen and oxygen atoms in total. The molecule has 3 aromatic rings. The number of anilines is 1. The van der Waals surface area contributed by atoms with Crippen LogP contribution in [0.25, 0.3) is 22.2 Å². The predicted octanol–water partition coefficient (Wildman–Crippen LogP) is 4.98. The second-order valence-electron chi connectivity index (χ2n) is 7.85. The Morgan fingerprint density at radius 3 is 2.87 bits per heavy atom. The van der Waals surface area contributed by atoms with Crippen molar-refractivity contribution in [3.05, 3.63) is 67.3 Å². The van der Waals surface area contributed by atoms with Crippen LogP contribution in [0.5, 0.6) is 0 Å². The van der Waals surface area contributed by atoms with Crippen molar-refractivity contribution in [3.8, 4) is 11.3 Å².